The van der Waals surface area contributed by atoms with Crippen molar-refractivity contribution in [2.24, 2.45) is 5.92 Å². The molecule has 0 heterocycles. The van der Waals surface area contributed by atoms with E-state index in [9.17, 15) is 14.4 Å². The summed E-state index contributed by atoms with van der Waals surface area (Å²) in [6.07, 6.45) is 0.423. The first-order chi connectivity index (χ1) is 13.7. The van der Waals surface area contributed by atoms with Crippen LogP contribution in [0.2, 0.25) is 5.02 Å². The van der Waals surface area contributed by atoms with Crippen LogP contribution in [-0.2, 0) is 9.59 Å². The third-order valence-electron chi connectivity index (χ3n) is 3.84. The number of benzene rings is 2. The first-order valence-corrected chi connectivity index (χ1v) is 9.50. The second-order valence-electron chi connectivity index (χ2n) is 6.93. The zero-order valence-corrected chi connectivity index (χ0v) is 17.3. The van der Waals surface area contributed by atoms with Gasteiger partial charge in [0, 0.05) is 22.7 Å². The lowest BCUT2D eigenvalue weighted by molar-refractivity contribution is -0.123. The molecule has 3 amide bonds. The number of carbonyl (C=O) groups excluding carboxylic acids is 3. The molecule has 2 aromatic rings. The monoisotopic (exact) mass is 417 g/mol. The molecule has 0 spiro atoms. The predicted molar refractivity (Wildman–Crippen MR) is 112 cm³/mol. The number of hydrazine groups is 1. The van der Waals surface area contributed by atoms with Gasteiger partial charge in [0.2, 0.25) is 5.91 Å². The summed E-state index contributed by atoms with van der Waals surface area (Å²) in [4.78, 5) is 35.7. The number of ether oxygens (including phenoxy) is 1. The van der Waals surface area contributed by atoms with E-state index in [2.05, 4.69) is 16.2 Å². The lowest BCUT2D eigenvalue weighted by Gasteiger charge is -2.10. The Hall–Kier alpha value is -3.06. The highest BCUT2D eigenvalue weighted by atomic mass is 35.5. The SMILES string of the molecule is Cc1cc(OCC(=O)NNC(=O)c2ccc(NC(=O)CC(C)C)cc2)ccc1Cl. The van der Waals surface area contributed by atoms with Crippen LogP contribution < -0.4 is 20.9 Å². The largest absolute Gasteiger partial charge is 0.484 e. The van der Waals surface area contributed by atoms with Crippen LogP contribution in [0.25, 0.3) is 0 Å². The van der Waals surface area contributed by atoms with Gasteiger partial charge in [-0.2, -0.15) is 0 Å². The van der Waals surface area contributed by atoms with E-state index in [1.165, 1.54) is 0 Å². The molecule has 2 aromatic carbocycles. The van der Waals surface area contributed by atoms with Gasteiger partial charge in [0.25, 0.3) is 11.8 Å². The Morgan fingerprint density at radius 3 is 2.31 bits per heavy atom. The highest BCUT2D eigenvalue weighted by Crippen LogP contribution is 2.20. The van der Waals surface area contributed by atoms with E-state index in [-0.39, 0.29) is 18.4 Å². The Balaban J connectivity index is 1.78. The van der Waals surface area contributed by atoms with Gasteiger partial charge in [-0.05, 0) is 60.9 Å². The highest BCUT2D eigenvalue weighted by Gasteiger charge is 2.10. The zero-order chi connectivity index (χ0) is 21.4. The van der Waals surface area contributed by atoms with Crippen molar-refractivity contribution in [3.05, 3.63) is 58.6 Å². The van der Waals surface area contributed by atoms with Crippen molar-refractivity contribution in [2.45, 2.75) is 27.2 Å². The van der Waals surface area contributed by atoms with Crippen molar-refractivity contribution in [1.82, 2.24) is 10.9 Å². The van der Waals surface area contributed by atoms with E-state index in [1.54, 1.807) is 42.5 Å². The highest BCUT2D eigenvalue weighted by molar-refractivity contribution is 6.31. The molecule has 0 aliphatic carbocycles. The quantitative estimate of drug-likeness (QED) is 0.601. The Morgan fingerprint density at radius 2 is 1.69 bits per heavy atom. The molecule has 7 nitrogen and oxygen atoms in total. The average Bonchev–Trinajstić information content (AvgIpc) is 2.67. The van der Waals surface area contributed by atoms with Crippen molar-refractivity contribution in [3.63, 3.8) is 0 Å². The van der Waals surface area contributed by atoms with Crippen LogP contribution in [0.1, 0.15) is 36.2 Å². The number of hydrogen-bond acceptors (Lipinski definition) is 4. The summed E-state index contributed by atoms with van der Waals surface area (Å²) in [5.74, 6) is -0.315. The fourth-order valence-corrected chi connectivity index (χ4v) is 2.50. The van der Waals surface area contributed by atoms with E-state index >= 15 is 0 Å². The topological polar surface area (TPSA) is 96.5 Å². The molecule has 0 saturated carbocycles. The second-order valence-corrected chi connectivity index (χ2v) is 7.33. The molecule has 2 rings (SSSR count). The van der Waals surface area contributed by atoms with Crippen LogP contribution in [0, 0.1) is 12.8 Å². The van der Waals surface area contributed by atoms with Crippen molar-refractivity contribution < 1.29 is 19.1 Å². The molecule has 0 saturated heterocycles. The van der Waals surface area contributed by atoms with E-state index < -0.39 is 11.8 Å². The molecule has 0 unspecified atom stereocenters. The molecular formula is C21H24ClN3O4. The molecule has 0 atom stereocenters. The first-order valence-electron chi connectivity index (χ1n) is 9.12. The number of anilines is 1. The first kappa shape index (κ1) is 22.2. The summed E-state index contributed by atoms with van der Waals surface area (Å²) in [7, 11) is 0. The fraction of sp³-hybridized carbons (Fsp3) is 0.286. The minimum absolute atomic E-state index is 0.0830. The summed E-state index contributed by atoms with van der Waals surface area (Å²) in [5.41, 5.74) is 6.37. The number of nitrogens with one attached hydrogen (secondary N) is 3. The van der Waals surface area contributed by atoms with Crippen molar-refractivity contribution in [3.8, 4) is 5.75 Å². The van der Waals surface area contributed by atoms with Crippen molar-refractivity contribution in [1.29, 1.82) is 0 Å². The summed E-state index contributed by atoms with van der Waals surface area (Å²) in [5, 5.41) is 3.37. The minimum atomic E-state index is -0.511. The van der Waals surface area contributed by atoms with Crippen LogP contribution in [0.5, 0.6) is 5.75 Å². The third-order valence-corrected chi connectivity index (χ3v) is 4.26. The number of rotatable bonds is 7. The Morgan fingerprint density at radius 1 is 1.00 bits per heavy atom. The zero-order valence-electron chi connectivity index (χ0n) is 16.5. The smallest absolute Gasteiger partial charge is 0.276 e. The number of carbonyl (C=O) groups is 3. The van der Waals surface area contributed by atoms with Gasteiger partial charge in [0.15, 0.2) is 6.61 Å². The van der Waals surface area contributed by atoms with Gasteiger partial charge < -0.3 is 10.1 Å². The standard InChI is InChI=1S/C21H24ClN3O4/c1-13(2)10-19(26)23-16-6-4-15(5-7-16)21(28)25-24-20(27)12-29-17-8-9-18(22)14(3)11-17/h4-9,11,13H,10,12H2,1-3H3,(H,23,26)(H,24,27)(H,25,28). The number of amides is 3. The molecule has 0 aromatic heterocycles. The molecule has 0 bridgehead atoms. The third kappa shape index (κ3) is 7.46. The maximum Gasteiger partial charge on any atom is 0.276 e. The van der Waals surface area contributed by atoms with Gasteiger partial charge in [-0.3, -0.25) is 25.2 Å². The Kier molecular flexibility index (Phi) is 8.03. The molecule has 8 heteroatoms. The van der Waals surface area contributed by atoms with Crippen molar-refractivity contribution >= 4 is 35.0 Å². The van der Waals surface area contributed by atoms with Gasteiger partial charge in [0.05, 0.1) is 0 Å². The number of hydrogen-bond donors (Lipinski definition) is 3. The maximum atomic E-state index is 12.1. The van der Waals surface area contributed by atoms with E-state index in [4.69, 9.17) is 16.3 Å². The lowest BCUT2D eigenvalue weighted by Crippen LogP contribution is -2.43. The fourth-order valence-electron chi connectivity index (χ4n) is 2.38. The van der Waals surface area contributed by atoms with Crippen LogP contribution in [0.15, 0.2) is 42.5 Å². The summed E-state index contributed by atoms with van der Waals surface area (Å²) < 4.78 is 5.36. The van der Waals surface area contributed by atoms with Gasteiger partial charge in [0.1, 0.15) is 5.75 Å². The van der Waals surface area contributed by atoms with E-state index in [1.807, 2.05) is 20.8 Å². The summed E-state index contributed by atoms with van der Waals surface area (Å²) >= 11 is 5.94. The molecule has 3 N–H and O–H groups in total. The van der Waals surface area contributed by atoms with Crippen LogP contribution in [0.4, 0.5) is 5.69 Å². The van der Waals surface area contributed by atoms with Gasteiger partial charge in [-0.25, -0.2) is 0 Å². The predicted octanol–water partition coefficient (Wildman–Crippen LogP) is 3.47. The second kappa shape index (κ2) is 10.5. The molecular weight excluding hydrogens is 394 g/mol. The number of halogens is 1. The molecule has 154 valence electrons. The molecule has 29 heavy (non-hydrogen) atoms. The molecule has 0 fully saturated rings. The number of aryl methyl sites for hydroxylation is 1. The van der Waals surface area contributed by atoms with Crippen LogP contribution >= 0.6 is 11.6 Å². The Labute approximate surface area is 174 Å². The van der Waals surface area contributed by atoms with Crippen molar-refractivity contribution in [2.75, 3.05) is 11.9 Å². The maximum absolute atomic E-state index is 12.1. The van der Waals surface area contributed by atoms with Crippen LogP contribution in [-0.4, -0.2) is 24.3 Å². The molecule has 0 aliphatic heterocycles. The lowest BCUT2D eigenvalue weighted by atomic mass is 10.1. The van der Waals surface area contributed by atoms with Gasteiger partial charge in [-0.15, -0.1) is 0 Å². The Bertz CT molecular complexity index is 882. The summed E-state index contributed by atoms with van der Waals surface area (Å²) in [6.45, 7) is 5.49. The molecule has 0 aliphatic rings. The van der Waals surface area contributed by atoms with Gasteiger partial charge >= 0.3 is 0 Å². The summed E-state index contributed by atoms with van der Waals surface area (Å²) in [6, 6.07) is 11.4. The average molecular weight is 418 g/mol. The molecule has 0 radical (unpaired) electrons. The van der Waals surface area contributed by atoms with E-state index in [0.29, 0.717) is 28.4 Å². The normalized spacial score (nSPS) is 10.4. The minimum Gasteiger partial charge on any atom is -0.484 e. The van der Waals surface area contributed by atoms with E-state index in [0.717, 1.165) is 5.56 Å². The van der Waals surface area contributed by atoms with Crippen LogP contribution in [0.3, 0.4) is 0 Å². The van der Waals surface area contributed by atoms with Gasteiger partial charge in [-0.1, -0.05) is 25.4 Å².